The first-order valence-corrected chi connectivity index (χ1v) is 12.3. The van der Waals surface area contributed by atoms with Crippen LogP contribution in [0.25, 0.3) is 0 Å². The number of nitrogens with one attached hydrogen (secondary N) is 2. The number of hydrazone groups is 1. The smallest absolute Gasteiger partial charge is 0.343 e. The van der Waals surface area contributed by atoms with E-state index in [4.69, 9.17) is 14.2 Å². The molecule has 0 saturated carbocycles. The van der Waals surface area contributed by atoms with E-state index in [2.05, 4.69) is 30.8 Å². The van der Waals surface area contributed by atoms with Crippen molar-refractivity contribution < 1.29 is 19.0 Å². The van der Waals surface area contributed by atoms with Crippen molar-refractivity contribution in [3.8, 4) is 11.5 Å². The Morgan fingerprint density at radius 3 is 2.38 bits per heavy atom. The van der Waals surface area contributed by atoms with Crippen LogP contribution < -0.4 is 25.1 Å². The molecule has 11 heteroatoms. The molecular weight excluding hydrogens is 498 g/mol. The number of aromatic nitrogens is 3. The van der Waals surface area contributed by atoms with Gasteiger partial charge in [0.1, 0.15) is 0 Å². The Bertz CT molecular complexity index is 1430. The highest BCUT2D eigenvalue weighted by atomic mass is 16.6. The molecule has 0 amide bonds. The molecule has 4 aromatic rings. The summed E-state index contributed by atoms with van der Waals surface area (Å²) in [6.07, 6.45) is 1.59. The van der Waals surface area contributed by atoms with E-state index in [1.165, 1.54) is 7.11 Å². The Kier molecular flexibility index (Phi) is 8.19. The minimum atomic E-state index is -0.470. The molecule has 0 spiro atoms. The fraction of sp³-hybridized carbons (Fsp3) is 0.179. The predicted molar refractivity (Wildman–Crippen MR) is 148 cm³/mol. The van der Waals surface area contributed by atoms with E-state index in [1.807, 2.05) is 41.3 Å². The van der Waals surface area contributed by atoms with Crippen LogP contribution >= 0.6 is 0 Å². The molecule has 2 N–H and O–H groups in total. The van der Waals surface area contributed by atoms with Gasteiger partial charge in [-0.05, 0) is 48.0 Å². The van der Waals surface area contributed by atoms with Crippen LogP contribution in [0.2, 0.25) is 0 Å². The molecule has 0 atom stereocenters. The fourth-order valence-corrected chi connectivity index (χ4v) is 3.77. The van der Waals surface area contributed by atoms with Crippen molar-refractivity contribution in [2.45, 2.75) is 0 Å². The van der Waals surface area contributed by atoms with Crippen LogP contribution in [-0.2, 0) is 4.74 Å². The number of esters is 1. The zero-order valence-electron chi connectivity index (χ0n) is 21.3. The number of ether oxygens (including phenoxy) is 3. The summed E-state index contributed by atoms with van der Waals surface area (Å²) < 4.78 is 16.4. The van der Waals surface area contributed by atoms with Gasteiger partial charge in [0, 0.05) is 18.8 Å². The van der Waals surface area contributed by atoms with Crippen molar-refractivity contribution in [3.63, 3.8) is 0 Å². The normalized spacial score (nSPS) is 13.2. The molecule has 1 aliphatic heterocycles. The molecule has 3 aromatic carbocycles. The number of nitrogens with zero attached hydrogens (tertiary/aromatic N) is 5. The second kappa shape index (κ2) is 12.5. The topological polar surface area (TPSA) is 123 Å². The van der Waals surface area contributed by atoms with Gasteiger partial charge in [-0.3, -0.25) is 0 Å². The van der Waals surface area contributed by atoms with Crippen LogP contribution in [0.4, 0.5) is 23.5 Å². The highest BCUT2D eigenvalue weighted by molar-refractivity contribution is 5.91. The third-order valence-electron chi connectivity index (χ3n) is 5.73. The molecule has 0 bridgehead atoms. The van der Waals surface area contributed by atoms with E-state index >= 15 is 0 Å². The Labute approximate surface area is 225 Å². The number of hydrogen-bond donors (Lipinski definition) is 2. The van der Waals surface area contributed by atoms with Crippen molar-refractivity contribution in [2.24, 2.45) is 5.10 Å². The number of rotatable bonds is 9. The third kappa shape index (κ3) is 6.84. The first kappa shape index (κ1) is 25.6. The van der Waals surface area contributed by atoms with Crippen LogP contribution in [0, 0.1) is 0 Å². The number of anilines is 4. The van der Waals surface area contributed by atoms with Gasteiger partial charge in [-0.15, -0.1) is 0 Å². The number of carbonyl (C=O) groups is 1. The molecule has 0 unspecified atom stereocenters. The Morgan fingerprint density at radius 2 is 1.64 bits per heavy atom. The maximum Gasteiger partial charge on any atom is 0.343 e. The molecule has 5 rings (SSSR count). The molecule has 198 valence electrons. The summed E-state index contributed by atoms with van der Waals surface area (Å²) >= 11 is 0. The van der Waals surface area contributed by atoms with Gasteiger partial charge in [0.15, 0.2) is 11.5 Å². The van der Waals surface area contributed by atoms with Gasteiger partial charge >= 0.3 is 5.97 Å². The highest BCUT2D eigenvalue weighted by Gasteiger charge is 2.17. The van der Waals surface area contributed by atoms with Gasteiger partial charge in [-0.1, -0.05) is 36.4 Å². The SMILES string of the molecule is COc1cc(/C=N/Nc2nc(Nc3ccccc3)nc(N3CCOCC3)n2)ccc1OC(=O)c1ccccc1. The van der Waals surface area contributed by atoms with Crippen LogP contribution in [0.15, 0.2) is 84.0 Å². The van der Waals surface area contributed by atoms with E-state index < -0.39 is 5.97 Å². The van der Waals surface area contributed by atoms with Crippen LogP contribution in [-0.4, -0.2) is 60.5 Å². The summed E-state index contributed by atoms with van der Waals surface area (Å²) in [4.78, 5) is 28.1. The number of carbonyl (C=O) groups excluding carboxylic acids is 1. The van der Waals surface area contributed by atoms with E-state index in [0.29, 0.717) is 60.8 Å². The minimum absolute atomic E-state index is 0.279. The van der Waals surface area contributed by atoms with Gasteiger partial charge in [-0.25, -0.2) is 10.2 Å². The molecule has 2 heterocycles. The monoisotopic (exact) mass is 525 g/mol. The number of morpholine rings is 1. The number of methoxy groups -OCH3 is 1. The Morgan fingerprint density at radius 1 is 0.923 bits per heavy atom. The Balaban J connectivity index is 1.31. The van der Waals surface area contributed by atoms with Gasteiger partial charge in [0.2, 0.25) is 17.8 Å². The summed E-state index contributed by atoms with van der Waals surface area (Å²) in [7, 11) is 1.51. The third-order valence-corrected chi connectivity index (χ3v) is 5.73. The lowest BCUT2D eigenvalue weighted by Gasteiger charge is -2.27. The first-order chi connectivity index (χ1) is 19.2. The average Bonchev–Trinajstić information content (AvgIpc) is 2.99. The maximum atomic E-state index is 12.4. The van der Waals surface area contributed by atoms with Gasteiger partial charge in [0.25, 0.3) is 0 Å². The van der Waals surface area contributed by atoms with Crippen molar-refractivity contribution >= 4 is 35.7 Å². The molecule has 0 radical (unpaired) electrons. The van der Waals surface area contributed by atoms with Crippen molar-refractivity contribution in [1.82, 2.24) is 15.0 Å². The zero-order valence-corrected chi connectivity index (χ0v) is 21.3. The largest absolute Gasteiger partial charge is 0.493 e. The fourth-order valence-electron chi connectivity index (χ4n) is 3.77. The number of para-hydroxylation sites is 1. The van der Waals surface area contributed by atoms with Crippen LogP contribution in [0.5, 0.6) is 11.5 Å². The molecule has 11 nitrogen and oxygen atoms in total. The van der Waals surface area contributed by atoms with E-state index in [0.717, 1.165) is 5.69 Å². The minimum Gasteiger partial charge on any atom is -0.493 e. The molecule has 1 saturated heterocycles. The van der Waals surface area contributed by atoms with E-state index in [1.54, 1.807) is 48.7 Å². The molecular formula is C28H27N7O4. The van der Waals surface area contributed by atoms with E-state index in [9.17, 15) is 4.79 Å². The molecule has 1 aromatic heterocycles. The predicted octanol–water partition coefficient (Wildman–Crippen LogP) is 4.13. The lowest BCUT2D eigenvalue weighted by atomic mass is 10.2. The molecule has 0 aliphatic carbocycles. The summed E-state index contributed by atoms with van der Waals surface area (Å²) in [5, 5.41) is 7.51. The standard InChI is InChI=1S/C28H27N7O4/c1-37-24-18-20(12-13-23(24)39-25(36)21-8-4-2-5-9-21)19-29-34-27-31-26(30-22-10-6-3-7-11-22)32-28(33-27)35-14-16-38-17-15-35/h2-13,18-19H,14-17H2,1H3,(H2,30,31,32,33,34)/b29-19+. The number of benzene rings is 3. The van der Waals surface area contributed by atoms with E-state index in [-0.39, 0.29) is 5.95 Å². The second-order valence-electron chi connectivity index (χ2n) is 8.41. The van der Waals surface area contributed by atoms with Crippen molar-refractivity contribution in [2.75, 3.05) is 49.1 Å². The summed E-state index contributed by atoms with van der Waals surface area (Å²) in [6.45, 7) is 2.57. The van der Waals surface area contributed by atoms with Gasteiger partial charge in [0.05, 0.1) is 32.1 Å². The first-order valence-electron chi connectivity index (χ1n) is 12.3. The Hall–Kier alpha value is -5.03. The van der Waals surface area contributed by atoms with Gasteiger partial charge < -0.3 is 24.4 Å². The maximum absolute atomic E-state index is 12.4. The van der Waals surface area contributed by atoms with Crippen LogP contribution in [0.3, 0.4) is 0 Å². The van der Waals surface area contributed by atoms with Crippen molar-refractivity contribution in [3.05, 3.63) is 90.0 Å². The summed E-state index contributed by atoms with van der Waals surface area (Å²) in [5.74, 6) is 1.43. The molecule has 1 fully saturated rings. The lowest BCUT2D eigenvalue weighted by Crippen LogP contribution is -2.37. The molecule has 1 aliphatic rings. The van der Waals surface area contributed by atoms with Crippen molar-refractivity contribution in [1.29, 1.82) is 0 Å². The average molecular weight is 526 g/mol. The molecule has 39 heavy (non-hydrogen) atoms. The lowest BCUT2D eigenvalue weighted by molar-refractivity contribution is 0.0729. The summed E-state index contributed by atoms with van der Waals surface area (Å²) in [5.41, 5.74) is 4.90. The highest BCUT2D eigenvalue weighted by Crippen LogP contribution is 2.28. The quantitative estimate of drug-likeness (QED) is 0.143. The zero-order chi connectivity index (χ0) is 26.9. The second-order valence-corrected chi connectivity index (χ2v) is 8.41. The number of hydrogen-bond acceptors (Lipinski definition) is 11. The van der Waals surface area contributed by atoms with Gasteiger partial charge in [-0.2, -0.15) is 20.1 Å². The summed E-state index contributed by atoms with van der Waals surface area (Å²) in [6, 6.07) is 23.5. The van der Waals surface area contributed by atoms with Crippen LogP contribution in [0.1, 0.15) is 15.9 Å².